The van der Waals surface area contributed by atoms with Gasteiger partial charge in [0.1, 0.15) is 12.3 Å². The topological polar surface area (TPSA) is 74.4 Å². The highest BCUT2D eigenvalue weighted by Gasteiger charge is 2.26. The highest BCUT2D eigenvalue weighted by molar-refractivity contribution is 6.32. The summed E-state index contributed by atoms with van der Waals surface area (Å²) in [5, 5.41) is -0.0127. The zero-order chi connectivity index (χ0) is 22.5. The summed E-state index contributed by atoms with van der Waals surface area (Å²) in [4.78, 5) is 16.8. The molecule has 0 bridgehead atoms. The van der Waals surface area contributed by atoms with Crippen molar-refractivity contribution in [3.05, 3.63) is 81.5 Å². The molecule has 0 aliphatic rings. The first-order valence-electron chi connectivity index (χ1n) is 8.88. The summed E-state index contributed by atoms with van der Waals surface area (Å²) in [5.41, 5.74) is 6.03. The van der Waals surface area contributed by atoms with E-state index < -0.39 is 29.0 Å². The molecule has 0 radical (unpaired) electrons. The fourth-order valence-electron chi connectivity index (χ4n) is 2.85. The van der Waals surface area contributed by atoms with Gasteiger partial charge in [0.2, 0.25) is 0 Å². The van der Waals surface area contributed by atoms with Gasteiger partial charge in [0.25, 0.3) is 0 Å². The van der Waals surface area contributed by atoms with Crippen LogP contribution < -0.4 is 10.5 Å². The Hall–Kier alpha value is -3.16. The van der Waals surface area contributed by atoms with Crippen molar-refractivity contribution in [3.8, 4) is 17.0 Å². The number of hydrogen-bond acceptors (Lipinski definition) is 5. The van der Waals surface area contributed by atoms with Gasteiger partial charge in [0, 0.05) is 16.7 Å². The molecule has 0 aliphatic carbocycles. The number of esters is 1. The first kappa shape index (κ1) is 22.5. The van der Waals surface area contributed by atoms with Gasteiger partial charge in [-0.3, -0.25) is 0 Å². The summed E-state index contributed by atoms with van der Waals surface area (Å²) < 4.78 is 40.1. The van der Waals surface area contributed by atoms with Crippen molar-refractivity contribution in [2.45, 2.75) is 6.61 Å². The highest BCUT2D eigenvalue weighted by atomic mass is 35.5. The maximum absolute atomic E-state index is 15.0. The number of carbonyl (C=O) groups excluding carboxylic acids is 1. The largest absolute Gasteiger partial charge is 0.492 e. The minimum atomic E-state index is -1.03. The number of ether oxygens (including phenoxy) is 2. The summed E-state index contributed by atoms with van der Waals surface area (Å²) in [6.45, 7) is -0.0544. The lowest BCUT2D eigenvalue weighted by Crippen LogP contribution is -2.14. The molecule has 0 amide bonds. The third-order valence-corrected chi connectivity index (χ3v) is 4.78. The number of aromatic nitrogens is 1. The smallest absolute Gasteiger partial charge is 0.357 e. The van der Waals surface area contributed by atoms with Crippen LogP contribution >= 0.6 is 23.2 Å². The van der Waals surface area contributed by atoms with E-state index in [1.54, 1.807) is 24.3 Å². The molecule has 3 aromatic rings. The Morgan fingerprint density at radius 3 is 2.52 bits per heavy atom. The lowest BCUT2D eigenvalue weighted by molar-refractivity contribution is 0.0465. The van der Waals surface area contributed by atoms with E-state index in [9.17, 15) is 9.18 Å². The quantitative estimate of drug-likeness (QED) is 0.464. The Bertz CT molecular complexity index is 1160. The number of nitrogens with zero attached hydrogens (tertiary/aromatic N) is 1. The van der Waals surface area contributed by atoms with Crippen molar-refractivity contribution in [1.82, 2.24) is 4.98 Å². The molecular formula is C22H16Cl2F2N2O3. The molecule has 5 nitrogen and oxygen atoms in total. The van der Waals surface area contributed by atoms with Crippen LogP contribution in [0, 0.1) is 11.6 Å². The Morgan fingerprint density at radius 2 is 1.87 bits per heavy atom. The number of hydrogen-bond donors (Lipinski definition) is 1. The van der Waals surface area contributed by atoms with E-state index in [4.69, 9.17) is 38.4 Å². The van der Waals surface area contributed by atoms with Gasteiger partial charge in [-0.05, 0) is 23.8 Å². The van der Waals surface area contributed by atoms with E-state index in [0.29, 0.717) is 0 Å². The zero-order valence-electron chi connectivity index (χ0n) is 16.2. The molecule has 160 valence electrons. The summed E-state index contributed by atoms with van der Waals surface area (Å²) in [6.07, 6.45) is 1.20. The van der Waals surface area contributed by atoms with Gasteiger partial charge in [0.15, 0.2) is 23.1 Å². The number of anilines is 1. The Morgan fingerprint density at radius 1 is 1.16 bits per heavy atom. The van der Waals surface area contributed by atoms with E-state index in [-0.39, 0.29) is 34.2 Å². The van der Waals surface area contributed by atoms with Crippen molar-refractivity contribution in [2.75, 3.05) is 12.8 Å². The molecule has 1 heterocycles. The highest BCUT2D eigenvalue weighted by Crippen LogP contribution is 2.37. The molecule has 0 saturated carbocycles. The van der Waals surface area contributed by atoms with Crippen LogP contribution in [0.2, 0.25) is 5.02 Å². The van der Waals surface area contributed by atoms with Crippen LogP contribution in [0.25, 0.3) is 17.3 Å². The Kier molecular flexibility index (Phi) is 7.09. The van der Waals surface area contributed by atoms with Crippen molar-refractivity contribution in [2.24, 2.45) is 0 Å². The summed E-state index contributed by atoms with van der Waals surface area (Å²) in [6, 6.07) is 11.4. The van der Waals surface area contributed by atoms with Gasteiger partial charge in [-0.25, -0.2) is 18.6 Å². The maximum Gasteiger partial charge on any atom is 0.357 e. The Labute approximate surface area is 187 Å². The fraction of sp³-hybridized carbons (Fsp3) is 0.0909. The molecule has 31 heavy (non-hydrogen) atoms. The van der Waals surface area contributed by atoms with Gasteiger partial charge in [0.05, 0.1) is 17.8 Å². The average Bonchev–Trinajstić information content (AvgIpc) is 2.77. The molecule has 0 unspecified atom stereocenters. The van der Waals surface area contributed by atoms with E-state index in [2.05, 4.69) is 4.98 Å². The van der Waals surface area contributed by atoms with Crippen LogP contribution in [0.5, 0.6) is 5.75 Å². The first-order valence-corrected chi connectivity index (χ1v) is 9.69. The number of methoxy groups -OCH3 is 1. The minimum Gasteiger partial charge on any atom is -0.492 e. The predicted octanol–water partition coefficient (Wildman–Crippen LogP) is 5.84. The van der Waals surface area contributed by atoms with Crippen molar-refractivity contribution < 1.29 is 23.0 Å². The lowest BCUT2D eigenvalue weighted by atomic mass is 10.0. The van der Waals surface area contributed by atoms with Crippen LogP contribution in [0.3, 0.4) is 0 Å². The van der Waals surface area contributed by atoms with E-state index in [1.807, 2.05) is 6.07 Å². The molecule has 9 heteroatoms. The number of nitrogen functional groups attached to an aromatic ring is 1. The number of nitrogens with two attached hydrogens (primary N) is 1. The molecule has 0 aliphatic heterocycles. The van der Waals surface area contributed by atoms with Crippen molar-refractivity contribution >= 4 is 40.9 Å². The molecule has 3 rings (SSSR count). The number of benzene rings is 2. The fourth-order valence-corrected chi connectivity index (χ4v) is 3.20. The molecule has 0 atom stereocenters. The van der Waals surface area contributed by atoms with Crippen LogP contribution in [-0.2, 0) is 11.3 Å². The number of rotatable bonds is 6. The summed E-state index contributed by atoms with van der Waals surface area (Å²) >= 11 is 11.5. The number of halogens is 4. The zero-order valence-corrected chi connectivity index (χ0v) is 17.7. The average molecular weight is 465 g/mol. The molecular weight excluding hydrogens is 449 g/mol. The summed E-state index contributed by atoms with van der Waals surface area (Å²) in [7, 11) is 1.22. The SMILES string of the molecule is COc1c(Cl)ccc(-c2nc(C(=O)OCc3ccccc3)c(C=CCl)c(N)c2F)c1F. The summed E-state index contributed by atoms with van der Waals surface area (Å²) in [5.74, 6) is -3.17. The monoisotopic (exact) mass is 464 g/mol. The van der Waals surface area contributed by atoms with Gasteiger partial charge >= 0.3 is 5.97 Å². The van der Waals surface area contributed by atoms with Crippen LogP contribution in [-0.4, -0.2) is 18.1 Å². The van der Waals surface area contributed by atoms with Gasteiger partial charge in [-0.15, -0.1) is 0 Å². The van der Waals surface area contributed by atoms with E-state index >= 15 is 4.39 Å². The predicted molar refractivity (Wildman–Crippen MR) is 116 cm³/mol. The third-order valence-electron chi connectivity index (χ3n) is 4.36. The Balaban J connectivity index is 2.11. The lowest BCUT2D eigenvalue weighted by Gasteiger charge is -2.15. The van der Waals surface area contributed by atoms with E-state index in [1.165, 1.54) is 25.3 Å². The van der Waals surface area contributed by atoms with Crippen molar-refractivity contribution in [1.29, 1.82) is 0 Å². The second-order valence-electron chi connectivity index (χ2n) is 6.25. The van der Waals surface area contributed by atoms with Gasteiger partial charge in [-0.2, -0.15) is 0 Å². The standard InChI is InChI=1S/C22H16Cl2F2N2O3/c1-30-21-15(24)8-7-13(16(21)25)19-17(26)18(27)14(9-10-23)20(28-19)22(29)31-11-12-5-3-2-4-6-12/h2-10H,11H2,1H3,(H2,27,28). The van der Waals surface area contributed by atoms with Crippen LogP contribution in [0.4, 0.5) is 14.5 Å². The van der Waals surface area contributed by atoms with Gasteiger partial charge < -0.3 is 15.2 Å². The first-order chi connectivity index (χ1) is 14.9. The second kappa shape index (κ2) is 9.76. The molecule has 0 spiro atoms. The number of pyridine rings is 1. The normalized spacial score (nSPS) is 11.0. The molecule has 1 aromatic heterocycles. The van der Waals surface area contributed by atoms with Gasteiger partial charge in [-0.1, -0.05) is 53.5 Å². The molecule has 2 aromatic carbocycles. The van der Waals surface area contributed by atoms with E-state index in [0.717, 1.165) is 11.1 Å². The van der Waals surface area contributed by atoms with Crippen molar-refractivity contribution in [3.63, 3.8) is 0 Å². The minimum absolute atomic E-state index is 0.0127. The molecule has 0 saturated heterocycles. The third kappa shape index (κ3) is 4.62. The molecule has 0 fully saturated rings. The van der Waals surface area contributed by atoms with Crippen LogP contribution in [0.1, 0.15) is 21.6 Å². The van der Waals surface area contributed by atoms with Crippen LogP contribution in [0.15, 0.2) is 48.0 Å². The molecule has 2 N–H and O–H groups in total. The maximum atomic E-state index is 15.0. The second-order valence-corrected chi connectivity index (χ2v) is 6.91. The number of carbonyl (C=O) groups is 1.